The fraction of sp³-hybridized carbons (Fsp3) is 0.200. The van der Waals surface area contributed by atoms with Crippen molar-refractivity contribution >= 4 is 34.1 Å². The minimum atomic E-state index is -0.466. The van der Waals surface area contributed by atoms with Crippen LogP contribution in [0.2, 0.25) is 5.02 Å². The molecule has 0 fully saturated rings. The number of hydrogen-bond acceptors (Lipinski definition) is 4. The third-order valence-corrected chi connectivity index (χ3v) is 4.81. The van der Waals surface area contributed by atoms with E-state index < -0.39 is 5.69 Å². The second-order valence-corrected chi connectivity index (χ2v) is 6.92. The first-order valence-electron chi connectivity index (χ1n) is 8.91. The first-order chi connectivity index (χ1) is 13.5. The Morgan fingerprint density at radius 1 is 1.11 bits per heavy atom. The van der Waals surface area contributed by atoms with Crippen molar-refractivity contribution in [3.05, 3.63) is 80.0 Å². The fourth-order valence-electron chi connectivity index (χ4n) is 3.28. The van der Waals surface area contributed by atoms with Gasteiger partial charge in [0.1, 0.15) is 6.54 Å². The van der Waals surface area contributed by atoms with Crippen LogP contribution in [0.3, 0.4) is 0 Å². The Kier molecular flexibility index (Phi) is 4.60. The van der Waals surface area contributed by atoms with Crippen LogP contribution in [-0.4, -0.2) is 24.5 Å². The molecule has 0 aliphatic rings. The first kappa shape index (κ1) is 18.2. The zero-order chi connectivity index (χ0) is 19.8. The minimum absolute atomic E-state index is 0.205. The molecule has 0 atom stereocenters. The number of fused-ring (bicyclic) bond motifs is 3. The highest BCUT2D eigenvalue weighted by molar-refractivity contribution is 6.31. The van der Waals surface area contributed by atoms with Crippen LogP contribution in [-0.2, 0) is 13.1 Å². The van der Waals surface area contributed by atoms with E-state index in [4.69, 9.17) is 11.6 Å². The van der Waals surface area contributed by atoms with Gasteiger partial charge in [-0.05, 0) is 30.7 Å². The van der Waals surface area contributed by atoms with Crippen LogP contribution in [0.25, 0.3) is 16.7 Å². The smallest absolute Gasteiger partial charge is 0.292 e. The van der Waals surface area contributed by atoms with E-state index in [1.165, 1.54) is 8.97 Å². The average Bonchev–Trinajstić information content (AvgIpc) is 3.01. The molecule has 4 aromatic rings. The molecule has 0 bridgehead atoms. The van der Waals surface area contributed by atoms with Crippen LogP contribution in [0.5, 0.6) is 0 Å². The van der Waals surface area contributed by atoms with E-state index in [1.54, 1.807) is 48.5 Å². The predicted octanol–water partition coefficient (Wildman–Crippen LogP) is 2.76. The van der Waals surface area contributed by atoms with Gasteiger partial charge in [-0.2, -0.15) is 0 Å². The molecule has 2 aromatic carbocycles. The molecule has 142 valence electrons. The van der Waals surface area contributed by atoms with Gasteiger partial charge < -0.3 is 0 Å². The Labute approximate surface area is 164 Å². The molecule has 2 aromatic heterocycles. The van der Waals surface area contributed by atoms with Gasteiger partial charge in [-0.15, -0.1) is 5.10 Å². The maximum absolute atomic E-state index is 13.0. The van der Waals surface area contributed by atoms with E-state index in [9.17, 15) is 14.4 Å². The number of carbonyl (C=O) groups excluding carboxylic acids is 1. The number of nitrogens with zero attached hydrogens (tertiary/aromatic N) is 4. The van der Waals surface area contributed by atoms with Gasteiger partial charge in [0.2, 0.25) is 5.78 Å². The van der Waals surface area contributed by atoms with Crippen molar-refractivity contribution < 1.29 is 4.79 Å². The van der Waals surface area contributed by atoms with E-state index in [0.717, 1.165) is 4.68 Å². The second-order valence-electron chi connectivity index (χ2n) is 6.48. The molecule has 0 radical (unpaired) electrons. The fourth-order valence-corrected chi connectivity index (χ4v) is 3.48. The maximum atomic E-state index is 13.0. The monoisotopic (exact) mass is 396 g/mol. The zero-order valence-corrected chi connectivity index (χ0v) is 15.9. The van der Waals surface area contributed by atoms with Gasteiger partial charge in [-0.1, -0.05) is 42.8 Å². The Balaban J connectivity index is 1.92. The summed E-state index contributed by atoms with van der Waals surface area (Å²) in [6.07, 6.45) is 0.705. The van der Waals surface area contributed by atoms with Crippen molar-refractivity contribution in [2.45, 2.75) is 26.4 Å². The average molecular weight is 397 g/mol. The van der Waals surface area contributed by atoms with Crippen LogP contribution < -0.4 is 11.2 Å². The second kappa shape index (κ2) is 7.09. The lowest BCUT2D eigenvalue weighted by Crippen LogP contribution is -2.27. The third kappa shape index (κ3) is 2.93. The maximum Gasteiger partial charge on any atom is 0.352 e. The number of benzene rings is 2. The summed E-state index contributed by atoms with van der Waals surface area (Å²) >= 11 is 5.95. The Morgan fingerprint density at radius 3 is 2.64 bits per heavy atom. The minimum Gasteiger partial charge on any atom is -0.292 e. The van der Waals surface area contributed by atoms with Gasteiger partial charge in [-0.25, -0.2) is 13.9 Å². The largest absolute Gasteiger partial charge is 0.352 e. The van der Waals surface area contributed by atoms with E-state index in [2.05, 4.69) is 5.10 Å². The van der Waals surface area contributed by atoms with Crippen LogP contribution in [0.1, 0.15) is 23.7 Å². The number of Topliss-reactive ketones (excluding diaryl/α,β-unsaturated/α-hetero) is 1. The van der Waals surface area contributed by atoms with Crippen LogP contribution in [0, 0.1) is 0 Å². The molecule has 0 saturated heterocycles. The Bertz CT molecular complexity index is 1330. The molecule has 0 amide bonds. The van der Waals surface area contributed by atoms with E-state index in [1.807, 2.05) is 6.92 Å². The van der Waals surface area contributed by atoms with Gasteiger partial charge in [0.25, 0.3) is 5.56 Å². The topological polar surface area (TPSA) is 78.4 Å². The number of rotatable bonds is 5. The summed E-state index contributed by atoms with van der Waals surface area (Å²) in [5.41, 5.74) is 0.197. The highest BCUT2D eigenvalue weighted by Gasteiger charge is 2.18. The molecule has 0 aliphatic heterocycles. The molecule has 7 nitrogen and oxygen atoms in total. The number of ketones is 1. The molecular weight excluding hydrogens is 380 g/mol. The molecule has 28 heavy (non-hydrogen) atoms. The molecular formula is C20H17ClN4O3. The van der Waals surface area contributed by atoms with E-state index in [0.29, 0.717) is 34.5 Å². The molecule has 8 heteroatoms. The molecule has 0 unspecified atom stereocenters. The number of aromatic nitrogens is 4. The van der Waals surface area contributed by atoms with Crippen LogP contribution in [0.15, 0.2) is 58.1 Å². The summed E-state index contributed by atoms with van der Waals surface area (Å²) in [7, 11) is 0. The quantitative estimate of drug-likeness (QED) is 0.486. The standard InChI is InChI=1S/C20H17ClN4O3/c1-2-10-23-18(27)15-8-3-4-9-16(15)25-19(23)22-24(20(25)28)12-17(26)13-6-5-7-14(21)11-13/h3-9,11H,2,10,12H2,1H3. The number of hydrogen-bond donors (Lipinski definition) is 0. The third-order valence-electron chi connectivity index (χ3n) is 4.57. The highest BCUT2D eigenvalue weighted by Crippen LogP contribution is 2.13. The summed E-state index contributed by atoms with van der Waals surface area (Å²) in [5, 5.41) is 5.18. The summed E-state index contributed by atoms with van der Waals surface area (Å²) in [6.45, 7) is 2.12. The van der Waals surface area contributed by atoms with Gasteiger partial charge in [0.15, 0.2) is 5.78 Å². The van der Waals surface area contributed by atoms with Crippen molar-refractivity contribution in [3.63, 3.8) is 0 Å². The van der Waals surface area contributed by atoms with Crippen LogP contribution in [0.4, 0.5) is 0 Å². The molecule has 0 saturated carbocycles. The normalized spacial score (nSPS) is 11.4. The number of carbonyl (C=O) groups is 1. The Morgan fingerprint density at radius 2 is 1.89 bits per heavy atom. The highest BCUT2D eigenvalue weighted by atomic mass is 35.5. The van der Waals surface area contributed by atoms with Gasteiger partial charge in [-0.3, -0.25) is 14.2 Å². The molecule has 4 rings (SSSR count). The van der Waals surface area contributed by atoms with Crippen molar-refractivity contribution in [2.75, 3.05) is 0 Å². The number of halogens is 1. The summed E-state index contributed by atoms with van der Waals surface area (Å²) in [6, 6.07) is 13.4. The molecule has 0 spiro atoms. The number of para-hydroxylation sites is 1. The van der Waals surface area contributed by atoms with Gasteiger partial charge in [0, 0.05) is 17.1 Å². The van der Waals surface area contributed by atoms with Gasteiger partial charge >= 0.3 is 5.69 Å². The first-order valence-corrected chi connectivity index (χ1v) is 9.29. The Hall–Kier alpha value is -3.19. The van der Waals surface area contributed by atoms with Crippen LogP contribution >= 0.6 is 11.6 Å². The van der Waals surface area contributed by atoms with E-state index >= 15 is 0 Å². The lowest BCUT2D eigenvalue weighted by molar-refractivity contribution is 0.0966. The molecule has 2 heterocycles. The summed E-state index contributed by atoms with van der Waals surface area (Å²) in [4.78, 5) is 38.5. The summed E-state index contributed by atoms with van der Waals surface area (Å²) < 4.78 is 3.96. The van der Waals surface area contributed by atoms with Gasteiger partial charge in [0.05, 0.1) is 10.9 Å². The lowest BCUT2D eigenvalue weighted by atomic mass is 10.1. The number of aryl methyl sites for hydroxylation is 1. The lowest BCUT2D eigenvalue weighted by Gasteiger charge is -2.07. The van der Waals surface area contributed by atoms with Crippen molar-refractivity contribution in [1.82, 2.24) is 18.7 Å². The van der Waals surface area contributed by atoms with Crippen molar-refractivity contribution in [1.29, 1.82) is 0 Å². The molecule has 0 N–H and O–H groups in total. The SMILES string of the molecule is CCCn1c(=O)c2ccccc2n2c(=O)n(CC(=O)c3cccc(Cl)c3)nc12. The predicted molar refractivity (Wildman–Crippen MR) is 107 cm³/mol. The van der Waals surface area contributed by atoms with E-state index in [-0.39, 0.29) is 23.7 Å². The molecule has 0 aliphatic carbocycles. The van der Waals surface area contributed by atoms with Crippen molar-refractivity contribution in [3.8, 4) is 0 Å². The van der Waals surface area contributed by atoms with Crippen molar-refractivity contribution in [2.24, 2.45) is 0 Å². The zero-order valence-electron chi connectivity index (χ0n) is 15.1. The summed E-state index contributed by atoms with van der Waals surface area (Å²) in [5.74, 6) is -0.0591.